The number of thioether (sulfide) groups is 1. The second-order valence-corrected chi connectivity index (χ2v) is 8.05. The number of amides is 3. The maximum Gasteiger partial charge on any atom is 0.318 e. The van der Waals surface area contributed by atoms with Gasteiger partial charge in [0.05, 0.1) is 16.2 Å². The number of halogens is 1. The molecule has 1 heterocycles. The van der Waals surface area contributed by atoms with Gasteiger partial charge in [0, 0.05) is 11.6 Å². The number of aromatic nitrogens is 2. The predicted octanol–water partition coefficient (Wildman–Crippen LogP) is 2.77. The Labute approximate surface area is 160 Å². The van der Waals surface area contributed by atoms with Gasteiger partial charge in [0.15, 0.2) is 5.16 Å². The molecule has 2 aromatic rings. The van der Waals surface area contributed by atoms with E-state index in [0.717, 1.165) is 18.2 Å². The fourth-order valence-electron chi connectivity index (χ4n) is 2.28. The number of nitrogens with two attached hydrogens (primary N) is 1. The summed E-state index contributed by atoms with van der Waals surface area (Å²) in [5, 5.41) is 2.72. The van der Waals surface area contributed by atoms with Crippen LogP contribution in [0.1, 0.15) is 27.2 Å². The lowest BCUT2D eigenvalue weighted by molar-refractivity contribution is -0.119. The normalized spacial score (nSPS) is 12.3. The predicted molar refractivity (Wildman–Crippen MR) is 104 cm³/mol. The summed E-state index contributed by atoms with van der Waals surface area (Å²) >= 11 is 7.10. The topological polar surface area (TPSA) is 107 Å². The van der Waals surface area contributed by atoms with E-state index in [1.807, 2.05) is 5.32 Å². The fourth-order valence-corrected chi connectivity index (χ4v) is 3.38. The van der Waals surface area contributed by atoms with E-state index >= 15 is 0 Å². The van der Waals surface area contributed by atoms with Crippen LogP contribution >= 0.6 is 23.4 Å². The first-order valence-electron chi connectivity index (χ1n) is 8.16. The molecule has 0 aliphatic carbocycles. The molecular formula is C17H21ClN4O3S. The molecule has 0 bridgehead atoms. The van der Waals surface area contributed by atoms with Crippen LogP contribution in [0.4, 0.5) is 4.79 Å². The van der Waals surface area contributed by atoms with Crippen LogP contribution in [0.15, 0.2) is 28.2 Å². The van der Waals surface area contributed by atoms with E-state index in [9.17, 15) is 14.4 Å². The van der Waals surface area contributed by atoms with Crippen LogP contribution < -0.4 is 16.6 Å². The van der Waals surface area contributed by atoms with Crippen LogP contribution in [0.5, 0.6) is 0 Å². The van der Waals surface area contributed by atoms with Crippen molar-refractivity contribution in [3.8, 4) is 0 Å². The molecule has 0 aliphatic rings. The number of fused-ring (bicyclic) bond motifs is 1. The second kappa shape index (κ2) is 8.55. The van der Waals surface area contributed by atoms with Gasteiger partial charge in [-0.25, -0.2) is 9.78 Å². The molecule has 26 heavy (non-hydrogen) atoms. The third kappa shape index (κ3) is 4.98. The lowest BCUT2D eigenvalue weighted by atomic mass is 10.1. The van der Waals surface area contributed by atoms with Crippen molar-refractivity contribution in [2.75, 3.05) is 0 Å². The van der Waals surface area contributed by atoms with Gasteiger partial charge < -0.3 is 5.73 Å². The minimum Gasteiger partial charge on any atom is -0.351 e. The fraction of sp³-hybridized carbons (Fsp3) is 0.412. The van der Waals surface area contributed by atoms with Crippen LogP contribution in [0.3, 0.4) is 0 Å². The average Bonchev–Trinajstić information content (AvgIpc) is 2.53. The van der Waals surface area contributed by atoms with Gasteiger partial charge in [0.2, 0.25) is 5.91 Å². The van der Waals surface area contributed by atoms with Gasteiger partial charge in [-0.2, -0.15) is 0 Å². The highest BCUT2D eigenvalue weighted by atomic mass is 35.5. The lowest BCUT2D eigenvalue weighted by Crippen LogP contribution is -2.39. The summed E-state index contributed by atoms with van der Waals surface area (Å²) in [5.74, 6) is -0.144. The highest BCUT2D eigenvalue weighted by Crippen LogP contribution is 2.24. The summed E-state index contributed by atoms with van der Waals surface area (Å²) in [7, 11) is 0. The zero-order valence-electron chi connectivity index (χ0n) is 14.8. The number of rotatable bonds is 6. The lowest BCUT2D eigenvalue weighted by Gasteiger charge is -2.16. The summed E-state index contributed by atoms with van der Waals surface area (Å²) in [6.45, 7) is 6.22. The standard InChI is InChI=1S/C17H21ClN4O3S/c1-9(2)6-7-22-15(24)12-5-4-11(18)8-13(12)20-17(22)26-10(3)14(23)21-16(19)25/h4-5,8-10H,6-7H2,1-3H3,(H3,19,21,23,25). The van der Waals surface area contributed by atoms with Crippen molar-refractivity contribution in [2.45, 2.75) is 44.1 Å². The molecule has 3 N–H and O–H groups in total. The maximum absolute atomic E-state index is 12.9. The summed E-state index contributed by atoms with van der Waals surface area (Å²) < 4.78 is 1.56. The summed E-state index contributed by atoms with van der Waals surface area (Å²) in [6, 6.07) is 3.99. The molecule has 1 atom stereocenters. The number of carbonyl (C=O) groups excluding carboxylic acids is 2. The summed E-state index contributed by atoms with van der Waals surface area (Å²) in [4.78, 5) is 40.3. The van der Waals surface area contributed by atoms with Crippen LogP contribution in [-0.4, -0.2) is 26.7 Å². The van der Waals surface area contributed by atoms with Crippen LogP contribution in [0.25, 0.3) is 10.9 Å². The van der Waals surface area contributed by atoms with E-state index in [1.54, 1.807) is 29.7 Å². The third-order valence-electron chi connectivity index (χ3n) is 3.71. The molecule has 1 aromatic carbocycles. The quantitative estimate of drug-likeness (QED) is 0.576. The number of hydrogen-bond acceptors (Lipinski definition) is 5. The molecule has 0 saturated carbocycles. The largest absolute Gasteiger partial charge is 0.351 e. The summed E-state index contributed by atoms with van der Waals surface area (Å²) in [5.41, 5.74) is 5.27. The molecule has 3 amide bonds. The smallest absolute Gasteiger partial charge is 0.318 e. The van der Waals surface area contributed by atoms with Crippen LogP contribution in [0.2, 0.25) is 5.02 Å². The molecule has 0 aliphatic heterocycles. The van der Waals surface area contributed by atoms with E-state index in [4.69, 9.17) is 17.3 Å². The van der Waals surface area contributed by atoms with Gasteiger partial charge in [-0.05, 0) is 37.5 Å². The number of primary amides is 1. The number of benzene rings is 1. The van der Waals surface area contributed by atoms with Gasteiger partial charge in [-0.3, -0.25) is 19.5 Å². The molecule has 1 aromatic heterocycles. The first-order chi connectivity index (χ1) is 12.2. The van der Waals surface area contributed by atoms with E-state index in [0.29, 0.717) is 33.5 Å². The summed E-state index contributed by atoms with van der Waals surface area (Å²) in [6.07, 6.45) is 0.788. The van der Waals surface area contributed by atoms with Crippen molar-refractivity contribution in [3.05, 3.63) is 33.6 Å². The van der Waals surface area contributed by atoms with Crippen LogP contribution in [-0.2, 0) is 11.3 Å². The Morgan fingerprint density at radius 2 is 2.04 bits per heavy atom. The van der Waals surface area contributed by atoms with E-state index in [1.165, 1.54) is 0 Å². The van der Waals surface area contributed by atoms with Gasteiger partial charge in [0.1, 0.15) is 0 Å². The van der Waals surface area contributed by atoms with Crippen LogP contribution in [0, 0.1) is 5.92 Å². The molecule has 1 unspecified atom stereocenters. The van der Waals surface area contributed by atoms with E-state index < -0.39 is 17.2 Å². The number of nitrogens with zero attached hydrogens (tertiary/aromatic N) is 2. The van der Waals surface area contributed by atoms with Crippen molar-refractivity contribution in [1.82, 2.24) is 14.9 Å². The van der Waals surface area contributed by atoms with Crippen molar-refractivity contribution in [3.63, 3.8) is 0 Å². The van der Waals surface area contributed by atoms with E-state index in [2.05, 4.69) is 18.8 Å². The molecule has 140 valence electrons. The van der Waals surface area contributed by atoms with Gasteiger partial charge in [-0.15, -0.1) is 0 Å². The third-order valence-corrected chi connectivity index (χ3v) is 5.04. The van der Waals surface area contributed by atoms with Gasteiger partial charge in [0.25, 0.3) is 5.56 Å². The Balaban J connectivity index is 2.47. The molecule has 0 fully saturated rings. The van der Waals surface area contributed by atoms with Crippen molar-refractivity contribution in [1.29, 1.82) is 0 Å². The highest BCUT2D eigenvalue weighted by Gasteiger charge is 2.20. The van der Waals surface area contributed by atoms with Crippen molar-refractivity contribution >= 4 is 46.2 Å². The zero-order chi connectivity index (χ0) is 19.4. The number of imide groups is 1. The maximum atomic E-state index is 12.9. The number of carbonyl (C=O) groups is 2. The van der Waals surface area contributed by atoms with Gasteiger partial charge in [-0.1, -0.05) is 37.2 Å². The number of hydrogen-bond donors (Lipinski definition) is 2. The zero-order valence-corrected chi connectivity index (χ0v) is 16.4. The Morgan fingerprint density at radius 3 is 2.65 bits per heavy atom. The Morgan fingerprint density at radius 1 is 1.35 bits per heavy atom. The first-order valence-corrected chi connectivity index (χ1v) is 9.42. The number of nitrogens with one attached hydrogen (secondary N) is 1. The minimum atomic E-state index is -0.919. The van der Waals surface area contributed by atoms with Crippen molar-refractivity contribution < 1.29 is 9.59 Å². The molecule has 2 rings (SSSR count). The second-order valence-electron chi connectivity index (χ2n) is 6.31. The molecule has 9 heteroatoms. The molecule has 0 radical (unpaired) electrons. The average molecular weight is 397 g/mol. The van der Waals surface area contributed by atoms with Crippen molar-refractivity contribution in [2.24, 2.45) is 11.7 Å². The molecule has 0 spiro atoms. The van der Waals surface area contributed by atoms with E-state index in [-0.39, 0.29) is 5.56 Å². The monoisotopic (exact) mass is 396 g/mol. The highest BCUT2D eigenvalue weighted by molar-refractivity contribution is 8.00. The molecule has 7 nitrogen and oxygen atoms in total. The Hall–Kier alpha value is -2.06. The molecule has 0 saturated heterocycles. The molecular weight excluding hydrogens is 376 g/mol. The Kier molecular flexibility index (Phi) is 6.66. The SMILES string of the molecule is CC(C)CCn1c(SC(C)C(=O)NC(N)=O)nc2cc(Cl)ccc2c1=O. The Bertz CT molecular complexity index is 897. The first kappa shape index (κ1) is 20.3. The van der Waals surface area contributed by atoms with Gasteiger partial charge >= 0.3 is 6.03 Å². The minimum absolute atomic E-state index is 0.183. The number of urea groups is 1.